The van der Waals surface area contributed by atoms with Crippen LogP contribution in [-0.4, -0.2) is 12.6 Å². The largest absolute Gasteiger partial charge is 0.368 e. The first-order valence-corrected chi connectivity index (χ1v) is 5.60. The van der Waals surface area contributed by atoms with E-state index < -0.39 is 0 Å². The maximum absolute atomic E-state index is 8.75. The third-order valence-corrected chi connectivity index (χ3v) is 3.02. The van der Waals surface area contributed by atoms with Gasteiger partial charge in [0.15, 0.2) is 0 Å². The Labute approximate surface area is 95.1 Å². The topological polar surface area (TPSA) is 27.0 Å². The second-order valence-electron chi connectivity index (χ2n) is 3.80. The Kier molecular flexibility index (Phi) is 2.83. The van der Waals surface area contributed by atoms with E-state index in [9.17, 15) is 0 Å². The fraction of sp³-hybridized carbons (Fsp3) is 0.417. The van der Waals surface area contributed by atoms with Crippen LogP contribution in [0.15, 0.2) is 18.2 Å². The summed E-state index contributed by atoms with van der Waals surface area (Å²) in [6.45, 7) is 3.10. The molecule has 1 aliphatic rings. The van der Waals surface area contributed by atoms with Crippen LogP contribution in [0, 0.1) is 11.3 Å². The molecule has 15 heavy (non-hydrogen) atoms. The van der Waals surface area contributed by atoms with Gasteiger partial charge in [-0.15, -0.1) is 0 Å². The first kappa shape index (κ1) is 10.3. The lowest BCUT2D eigenvalue weighted by Gasteiger charge is -2.23. The van der Waals surface area contributed by atoms with Crippen molar-refractivity contribution in [2.24, 2.45) is 0 Å². The van der Waals surface area contributed by atoms with Crippen molar-refractivity contribution >= 4 is 17.3 Å². The molecule has 1 aliphatic carbocycles. The van der Waals surface area contributed by atoms with Gasteiger partial charge < -0.3 is 4.90 Å². The van der Waals surface area contributed by atoms with Gasteiger partial charge in [-0.1, -0.05) is 11.6 Å². The molecule has 1 aromatic carbocycles. The number of anilines is 1. The van der Waals surface area contributed by atoms with Crippen LogP contribution in [0.4, 0.5) is 5.69 Å². The number of rotatable bonds is 3. The van der Waals surface area contributed by atoms with Crippen molar-refractivity contribution in [3.63, 3.8) is 0 Å². The minimum Gasteiger partial charge on any atom is -0.368 e. The second-order valence-corrected chi connectivity index (χ2v) is 4.20. The molecular weight excluding hydrogens is 208 g/mol. The fourth-order valence-corrected chi connectivity index (χ4v) is 2.11. The second kappa shape index (κ2) is 4.12. The Balaban J connectivity index is 2.31. The Bertz CT molecular complexity index is 405. The Hall–Kier alpha value is -1.20. The molecule has 0 aliphatic heterocycles. The van der Waals surface area contributed by atoms with E-state index in [0.717, 1.165) is 12.2 Å². The van der Waals surface area contributed by atoms with Crippen LogP contribution in [0.1, 0.15) is 25.3 Å². The summed E-state index contributed by atoms with van der Waals surface area (Å²) in [7, 11) is 0. The molecule has 0 heterocycles. The zero-order valence-electron chi connectivity index (χ0n) is 8.70. The fourth-order valence-electron chi connectivity index (χ4n) is 1.82. The summed E-state index contributed by atoms with van der Waals surface area (Å²) in [6, 6.07) is 8.26. The summed E-state index contributed by atoms with van der Waals surface area (Å²) in [5, 5.41) is 9.43. The molecule has 1 fully saturated rings. The number of halogens is 1. The van der Waals surface area contributed by atoms with Gasteiger partial charge in [-0.2, -0.15) is 5.26 Å². The Morgan fingerprint density at radius 3 is 2.73 bits per heavy atom. The van der Waals surface area contributed by atoms with Crippen LogP contribution >= 0.6 is 11.6 Å². The van der Waals surface area contributed by atoms with Gasteiger partial charge in [-0.05, 0) is 38.0 Å². The van der Waals surface area contributed by atoms with Crippen molar-refractivity contribution < 1.29 is 0 Å². The van der Waals surface area contributed by atoms with E-state index in [1.54, 1.807) is 6.07 Å². The van der Waals surface area contributed by atoms with Crippen LogP contribution < -0.4 is 4.90 Å². The number of nitrogens with zero attached hydrogens (tertiary/aromatic N) is 2. The van der Waals surface area contributed by atoms with Gasteiger partial charge in [0, 0.05) is 12.6 Å². The van der Waals surface area contributed by atoms with Gasteiger partial charge in [0.2, 0.25) is 0 Å². The van der Waals surface area contributed by atoms with E-state index in [0.29, 0.717) is 16.6 Å². The summed E-state index contributed by atoms with van der Waals surface area (Å²) in [6.07, 6.45) is 2.51. The summed E-state index contributed by atoms with van der Waals surface area (Å²) >= 11 is 6.16. The monoisotopic (exact) mass is 220 g/mol. The highest BCUT2D eigenvalue weighted by molar-refractivity contribution is 6.33. The lowest BCUT2D eigenvalue weighted by Crippen LogP contribution is -2.25. The smallest absolute Gasteiger partial charge is 0.0992 e. The van der Waals surface area contributed by atoms with Crippen LogP contribution in [0.25, 0.3) is 0 Å². The van der Waals surface area contributed by atoms with Gasteiger partial charge in [-0.3, -0.25) is 0 Å². The molecule has 0 spiro atoms. The van der Waals surface area contributed by atoms with E-state index in [1.165, 1.54) is 12.8 Å². The summed E-state index contributed by atoms with van der Waals surface area (Å²) in [5.74, 6) is 0. The maximum Gasteiger partial charge on any atom is 0.0992 e. The van der Waals surface area contributed by atoms with Crippen molar-refractivity contribution in [1.29, 1.82) is 5.26 Å². The predicted molar refractivity (Wildman–Crippen MR) is 62.2 cm³/mol. The zero-order chi connectivity index (χ0) is 10.8. The van der Waals surface area contributed by atoms with Crippen molar-refractivity contribution in [1.82, 2.24) is 0 Å². The molecule has 0 bridgehead atoms. The Morgan fingerprint density at radius 2 is 2.27 bits per heavy atom. The summed E-state index contributed by atoms with van der Waals surface area (Å²) in [4.78, 5) is 2.31. The van der Waals surface area contributed by atoms with Crippen LogP contribution in [-0.2, 0) is 0 Å². The number of nitriles is 1. The number of hydrogen-bond acceptors (Lipinski definition) is 2. The zero-order valence-corrected chi connectivity index (χ0v) is 9.46. The van der Waals surface area contributed by atoms with E-state index >= 15 is 0 Å². The van der Waals surface area contributed by atoms with Crippen molar-refractivity contribution in [3.8, 4) is 6.07 Å². The lowest BCUT2D eigenvalue weighted by molar-refractivity contribution is 0.826. The van der Waals surface area contributed by atoms with Gasteiger partial charge in [0.1, 0.15) is 0 Å². The first-order chi connectivity index (χ1) is 7.26. The average Bonchev–Trinajstić information content (AvgIpc) is 3.05. The normalized spacial score (nSPS) is 14.7. The molecule has 2 rings (SSSR count). The molecule has 0 radical (unpaired) electrons. The molecule has 1 saturated carbocycles. The quantitative estimate of drug-likeness (QED) is 0.782. The summed E-state index contributed by atoms with van der Waals surface area (Å²) < 4.78 is 0. The van der Waals surface area contributed by atoms with Crippen molar-refractivity contribution in [2.75, 3.05) is 11.4 Å². The molecule has 78 valence electrons. The van der Waals surface area contributed by atoms with E-state index in [1.807, 2.05) is 12.1 Å². The SMILES string of the molecule is CCN(c1ccc(C#N)cc1Cl)C1CC1. The minimum absolute atomic E-state index is 0.621. The molecule has 0 N–H and O–H groups in total. The Morgan fingerprint density at radius 1 is 1.53 bits per heavy atom. The molecule has 1 aromatic rings. The van der Waals surface area contributed by atoms with E-state index in [-0.39, 0.29) is 0 Å². The third-order valence-electron chi connectivity index (χ3n) is 2.71. The van der Waals surface area contributed by atoms with Gasteiger partial charge in [0.05, 0.1) is 22.3 Å². The van der Waals surface area contributed by atoms with Gasteiger partial charge >= 0.3 is 0 Å². The third kappa shape index (κ3) is 2.08. The van der Waals surface area contributed by atoms with Crippen molar-refractivity contribution in [3.05, 3.63) is 28.8 Å². The molecule has 0 amide bonds. The first-order valence-electron chi connectivity index (χ1n) is 5.22. The summed E-state index contributed by atoms with van der Waals surface area (Å²) in [5.41, 5.74) is 1.68. The molecule has 0 saturated heterocycles. The molecule has 0 aromatic heterocycles. The van der Waals surface area contributed by atoms with Crippen LogP contribution in [0.5, 0.6) is 0 Å². The highest BCUT2D eigenvalue weighted by Crippen LogP contribution is 2.35. The van der Waals surface area contributed by atoms with Crippen LogP contribution in [0.3, 0.4) is 0 Å². The average molecular weight is 221 g/mol. The van der Waals surface area contributed by atoms with E-state index in [2.05, 4.69) is 17.9 Å². The van der Waals surface area contributed by atoms with Crippen LogP contribution in [0.2, 0.25) is 5.02 Å². The van der Waals surface area contributed by atoms with Crippen molar-refractivity contribution in [2.45, 2.75) is 25.8 Å². The van der Waals surface area contributed by atoms with Gasteiger partial charge in [0.25, 0.3) is 0 Å². The lowest BCUT2D eigenvalue weighted by atomic mass is 10.2. The molecule has 2 nitrogen and oxygen atoms in total. The van der Waals surface area contributed by atoms with Gasteiger partial charge in [-0.25, -0.2) is 0 Å². The standard InChI is InChI=1S/C12H13ClN2/c1-2-15(10-4-5-10)12-6-3-9(8-14)7-11(12)13/h3,6-7,10H,2,4-5H2,1H3. The molecule has 3 heteroatoms. The number of benzene rings is 1. The highest BCUT2D eigenvalue weighted by atomic mass is 35.5. The number of hydrogen-bond donors (Lipinski definition) is 0. The molecular formula is C12H13ClN2. The molecule has 0 atom stereocenters. The molecule has 0 unspecified atom stereocenters. The van der Waals surface area contributed by atoms with E-state index in [4.69, 9.17) is 16.9 Å². The predicted octanol–water partition coefficient (Wildman–Crippen LogP) is 3.20. The minimum atomic E-state index is 0.621. The maximum atomic E-state index is 8.75. The highest BCUT2D eigenvalue weighted by Gasteiger charge is 2.29.